The first-order chi connectivity index (χ1) is 8.77. The Bertz CT molecular complexity index is 403. The summed E-state index contributed by atoms with van der Waals surface area (Å²) >= 11 is 0. The second-order valence-electron chi connectivity index (χ2n) is 4.89. The van der Waals surface area contributed by atoms with Crippen molar-refractivity contribution in [3.8, 4) is 0 Å². The summed E-state index contributed by atoms with van der Waals surface area (Å²) < 4.78 is 13.2. The van der Waals surface area contributed by atoms with E-state index in [4.69, 9.17) is 0 Å². The summed E-state index contributed by atoms with van der Waals surface area (Å²) in [7, 11) is 0. The number of hydrogen-bond donors (Lipinski definition) is 1. The van der Waals surface area contributed by atoms with Crippen LogP contribution in [0.15, 0.2) is 18.3 Å². The van der Waals surface area contributed by atoms with Crippen LogP contribution in [-0.2, 0) is 0 Å². The summed E-state index contributed by atoms with van der Waals surface area (Å²) in [6, 6.07) is 3.02. The molecule has 1 aromatic rings. The fourth-order valence-electron chi connectivity index (χ4n) is 2.54. The first-order valence-electron chi connectivity index (χ1n) is 6.66. The lowest BCUT2D eigenvalue weighted by molar-refractivity contribution is 0.0947. The molecule has 0 saturated heterocycles. The maximum Gasteiger partial charge on any atom is 0.255 e. The van der Waals surface area contributed by atoms with Gasteiger partial charge >= 0.3 is 0 Å². The molecule has 1 aliphatic carbocycles. The molecular formula is C14H19FN2O. The molecule has 0 aliphatic heterocycles. The molecule has 98 valence electrons. The smallest absolute Gasteiger partial charge is 0.255 e. The highest BCUT2D eigenvalue weighted by atomic mass is 19.1. The van der Waals surface area contributed by atoms with Crippen LogP contribution in [0.2, 0.25) is 0 Å². The molecular weight excluding hydrogens is 231 g/mol. The molecule has 0 bridgehead atoms. The van der Waals surface area contributed by atoms with Gasteiger partial charge in [0.25, 0.3) is 5.91 Å². The summed E-state index contributed by atoms with van der Waals surface area (Å²) in [5.41, 5.74) is 0.0263. The number of carbonyl (C=O) groups excluding carboxylic acids is 1. The van der Waals surface area contributed by atoms with Crippen LogP contribution in [0.3, 0.4) is 0 Å². The van der Waals surface area contributed by atoms with Crippen LogP contribution >= 0.6 is 0 Å². The predicted molar refractivity (Wildman–Crippen MR) is 67.7 cm³/mol. The summed E-state index contributed by atoms with van der Waals surface area (Å²) in [6.45, 7) is 0.615. The van der Waals surface area contributed by atoms with Gasteiger partial charge in [0.05, 0.1) is 5.56 Å². The summed E-state index contributed by atoms with van der Waals surface area (Å²) in [5, 5.41) is 2.74. The van der Waals surface area contributed by atoms with Crippen molar-refractivity contribution < 1.29 is 9.18 Å². The molecule has 1 saturated carbocycles. The summed E-state index contributed by atoms with van der Waals surface area (Å²) in [4.78, 5) is 15.1. The minimum atomic E-state index is -0.703. The lowest BCUT2D eigenvalue weighted by Crippen LogP contribution is -2.25. The molecule has 0 aromatic carbocycles. The van der Waals surface area contributed by atoms with E-state index < -0.39 is 5.95 Å². The molecule has 18 heavy (non-hydrogen) atoms. The lowest BCUT2D eigenvalue weighted by Gasteiger charge is -2.09. The third-order valence-electron chi connectivity index (χ3n) is 3.55. The number of hydrogen-bond acceptors (Lipinski definition) is 2. The minimum absolute atomic E-state index is 0.0263. The minimum Gasteiger partial charge on any atom is -0.352 e. The molecule has 1 N–H and O–H groups in total. The number of amides is 1. The number of nitrogens with zero attached hydrogens (tertiary/aromatic N) is 1. The van der Waals surface area contributed by atoms with Crippen LogP contribution in [0.5, 0.6) is 0 Å². The Labute approximate surface area is 107 Å². The van der Waals surface area contributed by atoms with E-state index in [0.29, 0.717) is 6.54 Å². The Balaban J connectivity index is 1.70. The van der Waals surface area contributed by atoms with Gasteiger partial charge in [-0.1, -0.05) is 25.7 Å². The van der Waals surface area contributed by atoms with Gasteiger partial charge in [0, 0.05) is 12.7 Å². The van der Waals surface area contributed by atoms with E-state index in [0.717, 1.165) is 18.8 Å². The van der Waals surface area contributed by atoms with Crippen molar-refractivity contribution in [2.75, 3.05) is 6.54 Å². The largest absolute Gasteiger partial charge is 0.352 e. The highest BCUT2D eigenvalue weighted by Crippen LogP contribution is 2.28. The van der Waals surface area contributed by atoms with Crippen LogP contribution in [-0.4, -0.2) is 17.4 Å². The maximum atomic E-state index is 13.2. The monoisotopic (exact) mass is 250 g/mol. The van der Waals surface area contributed by atoms with Crippen LogP contribution < -0.4 is 5.32 Å². The zero-order valence-electron chi connectivity index (χ0n) is 10.5. The van der Waals surface area contributed by atoms with E-state index >= 15 is 0 Å². The van der Waals surface area contributed by atoms with E-state index in [1.54, 1.807) is 6.07 Å². The van der Waals surface area contributed by atoms with E-state index in [9.17, 15) is 9.18 Å². The highest BCUT2D eigenvalue weighted by Gasteiger charge is 2.15. The lowest BCUT2D eigenvalue weighted by atomic mass is 10.0. The van der Waals surface area contributed by atoms with Crippen molar-refractivity contribution in [3.63, 3.8) is 0 Å². The molecule has 0 spiro atoms. The van der Waals surface area contributed by atoms with Crippen molar-refractivity contribution in [3.05, 3.63) is 29.8 Å². The molecule has 1 aromatic heterocycles. The maximum absolute atomic E-state index is 13.2. The van der Waals surface area contributed by atoms with Crippen molar-refractivity contribution in [1.29, 1.82) is 0 Å². The highest BCUT2D eigenvalue weighted by molar-refractivity contribution is 5.94. The zero-order valence-corrected chi connectivity index (χ0v) is 10.5. The van der Waals surface area contributed by atoms with Gasteiger partial charge in [0.2, 0.25) is 5.95 Å². The predicted octanol–water partition coefficient (Wildman–Crippen LogP) is 2.92. The summed E-state index contributed by atoms with van der Waals surface area (Å²) in [6.07, 6.45) is 8.81. The number of aromatic nitrogens is 1. The molecule has 1 aliphatic rings. The zero-order chi connectivity index (χ0) is 12.8. The van der Waals surface area contributed by atoms with Gasteiger partial charge < -0.3 is 5.32 Å². The first-order valence-corrected chi connectivity index (χ1v) is 6.66. The molecule has 1 amide bonds. The topological polar surface area (TPSA) is 42.0 Å². The van der Waals surface area contributed by atoms with Crippen LogP contribution in [0.25, 0.3) is 0 Å². The fraction of sp³-hybridized carbons (Fsp3) is 0.571. The standard InChI is InChI=1S/C14H19FN2O/c15-13-12(8-4-9-16-13)14(18)17-10-3-7-11-5-1-2-6-11/h4,8-9,11H,1-3,5-7,10H2,(H,17,18). The van der Waals surface area contributed by atoms with Crippen molar-refractivity contribution in [1.82, 2.24) is 10.3 Å². The van der Waals surface area contributed by atoms with E-state index in [2.05, 4.69) is 10.3 Å². The van der Waals surface area contributed by atoms with Crippen LogP contribution in [0, 0.1) is 11.9 Å². The van der Waals surface area contributed by atoms with Gasteiger partial charge in [-0.2, -0.15) is 4.39 Å². The van der Waals surface area contributed by atoms with Crippen LogP contribution in [0.4, 0.5) is 4.39 Å². The van der Waals surface area contributed by atoms with Crippen molar-refractivity contribution in [2.45, 2.75) is 38.5 Å². The third-order valence-corrected chi connectivity index (χ3v) is 3.55. The fourth-order valence-corrected chi connectivity index (χ4v) is 2.54. The molecule has 1 fully saturated rings. The SMILES string of the molecule is O=C(NCCCC1CCCC1)c1cccnc1F. The number of rotatable bonds is 5. The molecule has 2 rings (SSSR count). The number of nitrogens with one attached hydrogen (secondary N) is 1. The number of carbonyl (C=O) groups is 1. The first kappa shape index (κ1) is 13.0. The van der Waals surface area contributed by atoms with Crippen molar-refractivity contribution in [2.24, 2.45) is 5.92 Å². The van der Waals surface area contributed by atoms with E-state index in [1.807, 2.05) is 0 Å². The second kappa shape index (κ2) is 6.47. The number of halogens is 1. The van der Waals surface area contributed by atoms with Gasteiger partial charge in [-0.25, -0.2) is 4.98 Å². The Morgan fingerprint density at radius 2 is 2.22 bits per heavy atom. The molecule has 0 unspecified atom stereocenters. The third kappa shape index (κ3) is 3.52. The summed E-state index contributed by atoms with van der Waals surface area (Å²) in [5.74, 6) is -0.241. The molecule has 0 radical (unpaired) electrons. The Morgan fingerprint density at radius 3 is 2.94 bits per heavy atom. The van der Waals surface area contributed by atoms with Gasteiger partial charge in [-0.05, 0) is 30.9 Å². The van der Waals surface area contributed by atoms with Crippen LogP contribution in [0.1, 0.15) is 48.9 Å². The normalized spacial score (nSPS) is 15.8. The van der Waals surface area contributed by atoms with E-state index in [1.165, 1.54) is 37.9 Å². The van der Waals surface area contributed by atoms with Gasteiger partial charge in [0.15, 0.2) is 0 Å². The molecule has 0 atom stereocenters. The Hall–Kier alpha value is -1.45. The average Bonchev–Trinajstić information content (AvgIpc) is 2.88. The average molecular weight is 250 g/mol. The van der Waals surface area contributed by atoms with Gasteiger partial charge in [-0.3, -0.25) is 4.79 Å². The second-order valence-corrected chi connectivity index (χ2v) is 4.89. The van der Waals surface area contributed by atoms with Gasteiger partial charge in [0.1, 0.15) is 0 Å². The Kier molecular flexibility index (Phi) is 4.67. The Morgan fingerprint density at radius 1 is 1.44 bits per heavy atom. The molecule has 1 heterocycles. The molecule has 3 nitrogen and oxygen atoms in total. The van der Waals surface area contributed by atoms with Gasteiger partial charge in [-0.15, -0.1) is 0 Å². The van der Waals surface area contributed by atoms with Crippen molar-refractivity contribution >= 4 is 5.91 Å². The quantitative estimate of drug-likeness (QED) is 0.645. The number of pyridine rings is 1. The molecule has 4 heteroatoms. The van der Waals surface area contributed by atoms with E-state index in [-0.39, 0.29) is 11.5 Å².